The third-order valence-electron chi connectivity index (χ3n) is 4.17. The maximum absolute atomic E-state index is 12.1. The summed E-state index contributed by atoms with van der Waals surface area (Å²) in [6.07, 6.45) is 4.50. The van der Waals surface area contributed by atoms with Crippen LogP contribution in [0.1, 0.15) is 49.8 Å². The molecule has 140 valence electrons. The molecule has 2 aromatic rings. The number of nitrogens with zero attached hydrogens (tertiary/aromatic N) is 1. The minimum Gasteiger partial charge on any atom is -0.493 e. The summed E-state index contributed by atoms with van der Waals surface area (Å²) in [5, 5.41) is 8.30. The van der Waals surface area contributed by atoms with E-state index in [1.807, 2.05) is 23.6 Å². The summed E-state index contributed by atoms with van der Waals surface area (Å²) in [5.41, 5.74) is 2.03. The lowest BCUT2D eigenvalue weighted by atomic mass is 10.2. The fourth-order valence-electron chi connectivity index (χ4n) is 2.50. The molecule has 0 aliphatic heterocycles. The number of hydrogen-bond acceptors (Lipinski definition) is 5. The van der Waals surface area contributed by atoms with Crippen LogP contribution in [-0.2, 0) is 6.54 Å². The summed E-state index contributed by atoms with van der Waals surface area (Å²) in [6.45, 7) is 3.20. The lowest BCUT2D eigenvalue weighted by molar-refractivity contribution is 0.251. The first kappa shape index (κ1) is 18.5. The highest BCUT2D eigenvalue weighted by Gasteiger charge is 2.26. The second-order valence-corrected chi connectivity index (χ2v) is 7.20. The number of anilines is 1. The van der Waals surface area contributed by atoms with Gasteiger partial charge in [-0.05, 0) is 37.0 Å². The fourth-order valence-corrected chi connectivity index (χ4v) is 3.29. The molecule has 26 heavy (non-hydrogen) atoms. The quantitative estimate of drug-likeness (QED) is 0.632. The Morgan fingerprint density at radius 2 is 2.19 bits per heavy atom. The smallest absolute Gasteiger partial charge is 0.321 e. The van der Waals surface area contributed by atoms with Crippen molar-refractivity contribution in [1.82, 2.24) is 10.3 Å². The number of amides is 2. The molecule has 0 radical (unpaired) electrons. The summed E-state index contributed by atoms with van der Waals surface area (Å²) in [6, 6.07) is 5.44. The van der Waals surface area contributed by atoms with Crippen molar-refractivity contribution in [3.8, 4) is 11.5 Å². The van der Waals surface area contributed by atoms with E-state index < -0.39 is 0 Å². The van der Waals surface area contributed by atoms with Crippen LogP contribution in [0.4, 0.5) is 9.93 Å². The number of urea groups is 1. The first-order chi connectivity index (χ1) is 12.7. The zero-order chi connectivity index (χ0) is 18.4. The Morgan fingerprint density at radius 3 is 2.92 bits per heavy atom. The molecule has 0 unspecified atom stereocenters. The van der Waals surface area contributed by atoms with E-state index >= 15 is 0 Å². The molecule has 1 aromatic heterocycles. The number of benzene rings is 1. The van der Waals surface area contributed by atoms with Gasteiger partial charge in [-0.2, -0.15) is 0 Å². The predicted octanol–water partition coefficient (Wildman–Crippen LogP) is 4.53. The maximum Gasteiger partial charge on any atom is 0.321 e. The second kappa shape index (κ2) is 8.89. The SMILES string of the molecule is CCCCOc1ccc(CNC(=O)Nc2nc(C3CC3)cs2)cc1OC. The van der Waals surface area contributed by atoms with Gasteiger partial charge in [0.15, 0.2) is 16.6 Å². The molecule has 0 atom stereocenters. The highest BCUT2D eigenvalue weighted by Crippen LogP contribution is 2.40. The molecule has 0 saturated heterocycles. The fraction of sp³-hybridized carbons (Fsp3) is 0.474. The number of hydrogen-bond donors (Lipinski definition) is 2. The van der Waals surface area contributed by atoms with E-state index in [1.165, 1.54) is 24.2 Å². The van der Waals surface area contributed by atoms with Crippen LogP contribution in [0.15, 0.2) is 23.6 Å². The van der Waals surface area contributed by atoms with Crippen LogP contribution in [0, 0.1) is 0 Å². The van der Waals surface area contributed by atoms with Crippen LogP contribution < -0.4 is 20.1 Å². The highest BCUT2D eigenvalue weighted by atomic mass is 32.1. The molecule has 1 aromatic carbocycles. The minimum atomic E-state index is -0.260. The number of nitrogens with one attached hydrogen (secondary N) is 2. The molecule has 0 spiro atoms. The number of unbranched alkanes of at least 4 members (excludes halogenated alkanes) is 1. The Labute approximate surface area is 157 Å². The van der Waals surface area contributed by atoms with E-state index in [1.54, 1.807) is 7.11 Å². The van der Waals surface area contributed by atoms with Gasteiger partial charge in [0.2, 0.25) is 0 Å². The zero-order valence-corrected chi connectivity index (χ0v) is 16.0. The molecule has 3 rings (SSSR count). The summed E-state index contributed by atoms with van der Waals surface area (Å²) < 4.78 is 11.1. The number of carbonyl (C=O) groups is 1. The van der Waals surface area contributed by atoms with Crippen molar-refractivity contribution in [2.45, 2.75) is 45.1 Å². The first-order valence-electron chi connectivity index (χ1n) is 8.99. The largest absolute Gasteiger partial charge is 0.493 e. The topological polar surface area (TPSA) is 72.5 Å². The van der Waals surface area contributed by atoms with E-state index in [0.717, 1.165) is 29.8 Å². The van der Waals surface area contributed by atoms with E-state index in [4.69, 9.17) is 9.47 Å². The summed E-state index contributed by atoms with van der Waals surface area (Å²) in [4.78, 5) is 16.5. The van der Waals surface area contributed by atoms with Gasteiger partial charge >= 0.3 is 6.03 Å². The Morgan fingerprint density at radius 1 is 1.35 bits per heavy atom. The van der Waals surface area contributed by atoms with Gasteiger partial charge in [-0.15, -0.1) is 11.3 Å². The van der Waals surface area contributed by atoms with Gasteiger partial charge in [0.1, 0.15) is 0 Å². The van der Waals surface area contributed by atoms with Crippen molar-refractivity contribution >= 4 is 22.5 Å². The molecule has 1 aliphatic rings. The lowest BCUT2D eigenvalue weighted by Gasteiger charge is -2.12. The number of ether oxygens (including phenoxy) is 2. The zero-order valence-electron chi connectivity index (χ0n) is 15.2. The molecule has 6 nitrogen and oxygen atoms in total. The molecule has 2 amide bonds. The average Bonchev–Trinajstić information content (AvgIpc) is 3.40. The van der Waals surface area contributed by atoms with Crippen molar-refractivity contribution in [3.63, 3.8) is 0 Å². The molecular formula is C19H25N3O3S. The Balaban J connectivity index is 1.50. The predicted molar refractivity (Wildman–Crippen MR) is 103 cm³/mol. The molecule has 1 saturated carbocycles. The van der Waals surface area contributed by atoms with Crippen LogP contribution in [0.25, 0.3) is 0 Å². The molecule has 7 heteroatoms. The molecular weight excluding hydrogens is 350 g/mol. The number of aromatic nitrogens is 1. The van der Waals surface area contributed by atoms with E-state index in [0.29, 0.717) is 30.0 Å². The summed E-state index contributed by atoms with van der Waals surface area (Å²) in [7, 11) is 1.62. The molecule has 1 fully saturated rings. The first-order valence-corrected chi connectivity index (χ1v) is 9.87. The Hall–Kier alpha value is -2.28. The molecule has 2 N–H and O–H groups in total. The van der Waals surface area contributed by atoms with Crippen molar-refractivity contribution in [2.75, 3.05) is 19.0 Å². The van der Waals surface area contributed by atoms with Crippen molar-refractivity contribution in [1.29, 1.82) is 0 Å². The third-order valence-corrected chi connectivity index (χ3v) is 4.95. The standard InChI is InChI=1S/C19H25N3O3S/c1-3-4-9-25-16-8-5-13(10-17(16)24-2)11-20-18(23)22-19-21-15(12-26-19)14-6-7-14/h5,8,10,12,14H,3-4,6-7,9,11H2,1-2H3,(H2,20,21,22,23). The molecule has 0 bridgehead atoms. The van der Waals surface area contributed by atoms with Gasteiger partial charge in [0.05, 0.1) is 19.4 Å². The van der Waals surface area contributed by atoms with Gasteiger partial charge in [0, 0.05) is 17.8 Å². The molecule has 1 aliphatic carbocycles. The maximum atomic E-state index is 12.1. The van der Waals surface area contributed by atoms with Gasteiger partial charge < -0.3 is 14.8 Å². The van der Waals surface area contributed by atoms with Gasteiger partial charge in [-0.1, -0.05) is 19.4 Å². The number of methoxy groups -OCH3 is 1. The van der Waals surface area contributed by atoms with Crippen LogP contribution in [0.3, 0.4) is 0 Å². The normalized spacial score (nSPS) is 13.3. The second-order valence-electron chi connectivity index (χ2n) is 6.35. The minimum absolute atomic E-state index is 0.260. The van der Waals surface area contributed by atoms with Crippen LogP contribution in [0.2, 0.25) is 0 Å². The molecule has 1 heterocycles. The third kappa shape index (κ3) is 5.11. The van der Waals surface area contributed by atoms with Gasteiger partial charge in [0.25, 0.3) is 0 Å². The van der Waals surface area contributed by atoms with Gasteiger partial charge in [-0.3, -0.25) is 5.32 Å². The van der Waals surface area contributed by atoms with E-state index in [-0.39, 0.29) is 6.03 Å². The summed E-state index contributed by atoms with van der Waals surface area (Å²) >= 11 is 1.47. The number of thiazole rings is 1. The average molecular weight is 375 g/mol. The van der Waals surface area contributed by atoms with E-state index in [9.17, 15) is 4.79 Å². The monoisotopic (exact) mass is 375 g/mol. The Kier molecular flexibility index (Phi) is 6.33. The van der Waals surface area contributed by atoms with Crippen LogP contribution in [-0.4, -0.2) is 24.7 Å². The van der Waals surface area contributed by atoms with Crippen LogP contribution in [0.5, 0.6) is 11.5 Å². The van der Waals surface area contributed by atoms with E-state index in [2.05, 4.69) is 22.5 Å². The van der Waals surface area contributed by atoms with Crippen molar-refractivity contribution < 1.29 is 14.3 Å². The van der Waals surface area contributed by atoms with Crippen molar-refractivity contribution in [2.24, 2.45) is 0 Å². The van der Waals surface area contributed by atoms with Crippen LogP contribution >= 0.6 is 11.3 Å². The van der Waals surface area contributed by atoms with Crippen molar-refractivity contribution in [3.05, 3.63) is 34.8 Å². The number of rotatable bonds is 9. The van der Waals surface area contributed by atoms with Gasteiger partial charge in [-0.25, -0.2) is 9.78 Å². The number of carbonyl (C=O) groups excluding carboxylic acids is 1. The summed E-state index contributed by atoms with van der Waals surface area (Å²) in [5.74, 6) is 2.00. The lowest BCUT2D eigenvalue weighted by Crippen LogP contribution is -2.28. The Bertz CT molecular complexity index is 743. The highest BCUT2D eigenvalue weighted by molar-refractivity contribution is 7.13.